The summed E-state index contributed by atoms with van der Waals surface area (Å²) in [4.78, 5) is 2.11. The molecule has 2 aromatic rings. The van der Waals surface area contributed by atoms with Crippen molar-refractivity contribution in [2.24, 2.45) is 0 Å². The quantitative estimate of drug-likeness (QED) is 0.836. The molecule has 18 heavy (non-hydrogen) atoms. The smallest absolute Gasteiger partial charge is 0.132 e. The van der Waals surface area contributed by atoms with Gasteiger partial charge in [-0.05, 0) is 46.3 Å². The molecule has 0 N–H and O–H groups in total. The summed E-state index contributed by atoms with van der Waals surface area (Å²) in [6.07, 6.45) is 0. The van der Waals surface area contributed by atoms with Crippen LogP contribution in [0.3, 0.4) is 0 Å². The second-order valence-electron chi connectivity index (χ2n) is 3.51. The Hall–Kier alpha value is -1.44. The van der Waals surface area contributed by atoms with E-state index in [1.165, 1.54) is 0 Å². The summed E-state index contributed by atoms with van der Waals surface area (Å²) >= 11 is 5.00. The van der Waals surface area contributed by atoms with Crippen LogP contribution in [0.1, 0.15) is 5.56 Å². The molecule has 0 aliphatic rings. The highest BCUT2D eigenvalue weighted by molar-refractivity contribution is 9.10. The fourth-order valence-corrected chi connectivity index (χ4v) is 3.06. The Bertz CT molecular complexity index is 607. The van der Waals surface area contributed by atoms with Crippen molar-refractivity contribution in [2.75, 3.05) is 7.11 Å². The number of hydrogen-bond donors (Lipinski definition) is 0. The zero-order valence-corrected chi connectivity index (χ0v) is 12.1. The maximum absolute atomic E-state index is 8.87. The maximum atomic E-state index is 8.87. The van der Waals surface area contributed by atoms with Crippen molar-refractivity contribution in [1.82, 2.24) is 0 Å². The minimum absolute atomic E-state index is 0.638. The van der Waals surface area contributed by atoms with Gasteiger partial charge in [-0.15, -0.1) is 0 Å². The van der Waals surface area contributed by atoms with Crippen molar-refractivity contribution in [3.8, 4) is 11.8 Å². The van der Waals surface area contributed by atoms with Gasteiger partial charge >= 0.3 is 0 Å². The van der Waals surface area contributed by atoms with Crippen LogP contribution in [0, 0.1) is 11.3 Å². The van der Waals surface area contributed by atoms with E-state index in [0.717, 1.165) is 20.0 Å². The van der Waals surface area contributed by atoms with E-state index in [-0.39, 0.29) is 0 Å². The normalized spacial score (nSPS) is 9.83. The van der Waals surface area contributed by atoms with Crippen molar-refractivity contribution in [3.63, 3.8) is 0 Å². The predicted molar refractivity (Wildman–Crippen MR) is 76.0 cm³/mol. The molecule has 0 saturated heterocycles. The fraction of sp³-hybridized carbons (Fsp3) is 0.0714. The van der Waals surface area contributed by atoms with Crippen LogP contribution >= 0.6 is 27.7 Å². The lowest BCUT2D eigenvalue weighted by Gasteiger charge is -2.08. The first-order chi connectivity index (χ1) is 8.74. The molecule has 0 atom stereocenters. The number of rotatable bonds is 3. The predicted octanol–water partition coefficient (Wildman–Crippen LogP) is 4.48. The number of nitriles is 1. The number of hydrogen-bond acceptors (Lipinski definition) is 3. The number of methoxy groups -OCH3 is 1. The number of benzene rings is 2. The van der Waals surface area contributed by atoms with Crippen molar-refractivity contribution < 1.29 is 4.74 Å². The molecule has 2 rings (SSSR count). The van der Waals surface area contributed by atoms with Gasteiger partial charge in [0.1, 0.15) is 11.8 Å². The van der Waals surface area contributed by atoms with Gasteiger partial charge in [0.05, 0.1) is 17.6 Å². The van der Waals surface area contributed by atoms with Crippen LogP contribution in [0.25, 0.3) is 0 Å². The van der Waals surface area contributed by atoms with Crippen molar-refractivity contribution >= 4 is 27.7 Å². The van der Waals surface area contributed by atoms with E-state index in [4.69, 9.17) is 10.00 Å². The summed E-state index contributed by atoms with van der Waals surface area (Å²) in [6.45, 7) is 0. The molecule has 0 heterocycles. The van der Waals surface area contributed by atoms with Crippen LogP contribution in [-0.2, 0) is 0 Å². The molecule has 0 aliphatic heterocycles. The van der Waals surface area contributed by atoms with Crippen LogP contribution < -0.4 is 4.74 Å². The van der Waals surface area contributed by atoms with Gasteiger partial charge in [0, 0.05) is 9.37 Å². The molecule has 0 fully saturated rings. The first-order valence-corrected chi connectivity index (χ1v) is 6.86. The van der Waals surface area contributed by atoms with E-state index in [2.05, 4.69) is 22.0 Å². The van der Waals surface area contributed by atoms with Crippen LogP contribution in [-0.4, -0.2) is 7.11 Å². The Kier molecular flexibility index (Phi) is 4.29. The maximum Gasteiger partial charge on any atom is 0.132 e. The molecule has 0 saturated carbocycles. The molecule has 0 bridgehead atoms. The third kappa shape index (κ3) is 2.87. The van der Waals surface area contributed by atoms with Gasteiger partial charge in [-0.25, -0.2) is 0 Å². The van der Waals surface area contributed by atoms with Gasteiger partial charge in [-0.3, -0.25) is 0 Å². The van der Waals surface area contributed by atoms with Crippen LogP contribution in [0.15, 0.2) is 56.7 Å². The number of ether oxygens (including phenoxy) is 1. The van der Waals surface area contributed by atoms with Gasteiger partial charge in [0.25, 0.3) is 0 Å². The summed E-state index contributed by atoms with van der Waals surface area (Å²) in [5.41, 5.74) is 0.638. The third-order valence-corrected chi connectivity index (χ3v) is 4.06. The average Bonchev–Trinajstić information content (AvgIpc) is 2.39. The van der Waals surface area contributed by atoms with Crippen LogP contribution in [0.5, 0.6) is 5.75 Å². The Balaban J connectivity index is 2.29. The van der Waals surface area contributed by atoms with E-state index in [0.29, 0.717) is 5.56 Å². The average molecular weight is 320 g/mol. The molecule has 2 aromatic carbocycles. The summed E-state index contributed by atoms with van der Waals surface area (Å²) in [7, 11) is 1.66. The first kappa shape index (κ1) is 13.0. The van der Waals surface area contributed by atoms with E-state index < -0.39 is 0 Å². The molecular weight excluding hydrogens is 310 g/mol. The summed E-state index contributed by atoms with van der Waals surface area (Å²) in [6, 6.07) is 15.7. The Morgan fingerprint density at radius 1 is 1.22 bits per heavy atom. The summed E-state index contributed by atoms with van der Waals surface area (Å²) < 4.78 is 6.12. The minimum Gasteiger partial charge on any atom is -0.496 e. The van der Waals surface area contributed by atoms with Gasteiger partial charge in [-0.1, -0.05) is 23.9 Å². The lowest BCUT2D eigenvalue weighted by atomic mass is 10.2. The van der Waals surface area contributed by atoms with E-state index in [9.17, 15) is 0 Å². The molecule has 0 unspecified atom stereocenters. The second kappa shape index (κ2) is 5.94. The van der Waals surface area contributed by atoms with E-state index >= 15 is 0 Å². The Labute approximate surface area is 119 Å². The number of nitrogens with zero attached hydrogens (tertiary/aromatic N) is 1. The Morgan fingerprint density at radius 3 is 2.67 bits per heavy atom. The van der Waals surface area contributed by atoms with Gasteiger partial charge in [-0.2, -0.15) is 5.26 Å². The zero-order valence-electron chi connectivity index (χ0n) is 9.68. The molecule has 4 heteroatoms. The second-order valence-corrected chi connectivity index (χ2v) is 5.48. The highest BCUT2D eigenvalue weighted by Gasteiger charge is 2.06. The number of para-hydroxylation sites is 1. The van der Waals surface area contributed by atoms with E-state index in [1.54, 1.807) is 18.9 Å². The van der Waals surface area contributed by atoms with Crippen molar-refractivity contribution in [1.29, 1.82) is 5.26 Å². The topological polar surface area (TPSA) is 33.0 Å². The van der Waals surface area contributed by atoms with Gasteiger partial charge in [0.2, 0.25) is 0 Å². The van der Waals surface area contributed by atoms with Crippen LogP contribution in [0.4, 0.5) is 0 Å². The Morgan fingerprint density at radius 2 is 2.00 bits per heavy atom. The molecule has 0 amide bonds. The molecule has 0 aliphatic carbocycles. The highest BCUT2D eigenvalue weighted by atomic mass is 79.9. The molecule has 90 valence electrons. The highest BCUT2D eigenvalue weighted by Crippen LogP contribution is 2.36. The monoisotopic (exact) mass is 319 g/mol. The molecule has 0 radical (unpaired) electrons. The van der Waals surface area contributed by atoms with Gasteiger partial charge < -0.3 is 4.74 Å². The van der Waals surface area contributed by atoms with Crippen molar-refractivity contribution in [2.45, 2.75) is 9.79 Å². The largest absolute Gasteiger partial charge is 0.496 e. The molecular formula is C14H10BrNOS. The molecule has 0 spiro atoms. The van der Waals surface area contributed by atoms with Gasteiger partial charge in [0.15, 0.2) is 0 Å². The zero-order chi connectivity index (χ0) is 13.0. The third-order valence-electron chi connectivity index (χ3n) is 2.36. The SMILES string of the molecule is COc1ccccc1Sc1ccc(C#N)c(Br)c1. The standard InChI is InChI=1S/C14H10BrNOS/c1-17-13-4-2-3-5-14(13)18-11-7-6-10(9-16)12(15)8-11/h2-8H,1H3. The summed E-state index contributed by atoms with van der Waals surface area (Å²) in [5, 5.41) is 8.87. The molecule has 2 nitrogen and oxygen atoms in total. The number of halogens is 1. The summed E-state index contributed by atoms with van der Waals surface area (Å²) in [5.74, 6) is 0.850. The van der Waals surface area contributed by atoms with E-state index in [1.807, 2.05) is 42.5 Å². The first-order valence-electron chi connectivity index (χ1n) is 5.25. The minimum atomic E-state index is 0.638. The van der Waals surface area contributed by atoms with Crippen LogP contribution in [0.2, 0.25) is 0 Å². The lowest BCUT2D eigenvalue weighted by molar-refractivity contribution is 0.405. The fourth-order valence-electron chi connectivity index (χ4n) is 1.48. The lowest BCUT2D eigenvalue weighted by Crippen LogP contribution is -1.85. The van der Waals surface area contributed by atoms with Crippen molar-refractivity contribution in [3.05, 3.63) is 52.5 Å². The molecule has 0 aromatic heterocycles.